The van der Waals surface area contributed by atoms with Gasteiger partial charge in [-0.25, -0.2) is 0 Å². The molecule has 0 radical (unpaired) electrons. The highest BCUT2D eigenvalue weighted by atomic mass is 16.5. The summed E-state index contributed by atoms with van der Waals surface area (Å²) >= 11 is 0. The molecule has 2 aliphatic heterocycles. The molecule has 0 bridgehead atoms. The highest BCUT2D eigenvalue weighted by Crippen LogP contribution is 2.40. The van der Waals surface area contributed by atoms with E-state index in [2.05, 4.69) is 12.2 Å². The van der Waals surface area contributed by atoms with E-state index in [4.69, 9.17) is 4.74 Å². The van der Waals surface area contributed by atoms with Crippen molar-refractivity contribution in [1.29, 1.82) is 0 Å². The number of nitrogens with one attached hydrogen (secondary N) is 1. The van der Waals surface area contributed by atoms with E-state index < -0.39 is 5.92 Å². The van der Waals surface area contributed by atoms with Gasteiger partial charge in [-0.1, -0.05) is 43.7 Å². The smallest absolute Gasteiger partial charge is 0.251 e. The molecule has 0 aromatic heterocycles. The van der Waals surface area contributed by atoms with Crippen molar-refractivity contribution < 1.29 is 19.1 Å². The number of hydrogen-bond acceptors (Lipinski definition) is 4. The van der Waals surface area contributed by atoms with Crippen LogP contribution in [0.15, 0.2) is 54.6 Å². The molecule has 2 saturated heterocycles. The highest BCUT2D eigenvalue weighted by molar-refractivity contribution is 5.94. The van der Waals surface area contributed by atoms with Crippen molar-refractivity contribution in [2.45, 2.75) is 51.1 Å². The van der Waals surface area contributed by atoms with Crippen LogP contribution in [0.2, 0.25) is 0 Å². The van der Waals surface area contributed by atoms with Crippen LogP contribution in [-0.4, -0.2) is 60.3 Å². The van der Waals surface area contributed by atoms with Crippen LogP contribution in [0.3, 0.4) is 0 Å². The normalized spacial score (nSPS) is 20.7. The first-order valence-electron chi connectivity index (χ1n) is 12.6. The molecule has 0 saturated carbocycles. The maximum atomic E-state index is 13.7. The van der Waals surface area contributed by atoms with Gasteiger partial charge in [0.25, 0.3) is 5.91 Å². The van der Waals surface area contributed by atoms with Crippen LogP contribution >= 0.6 is 0 Å². The number of amides is 3. The van der Waals surface area contributed by atoms with E-state index >= 15 is 0 Å². The predicted molar refractivity (Wildman–Crippen MR) is 134 cm³/mol. The molecule has 2 aromatic carbocycles. The van der Waals surface area contributed by atoms with Crippen molar-refractivity contribution >= 4 is 17.7 Å². The molecule has 2 heterocycles. The molecule has 186 valence electrons. The van der Waals surface area contributed by atoms with Crippen molar-refractivity contribution in [3.63, 3.8) is 0 Å². The lowest BCUT2D eigenvalue weighted by Gasteiger charge is -2.36. The van der Waals surface area contributed by atoms with Crippen molar-refractivity contribution in [3.8, 4) is 5.75 Å². The largest absolute Gasteiger partial charge is 0.497 e. The number of hydrogen-bond donors (Lipinski definition) is 1. The van der Waals surface area contributed by atoms with Gasteiger partial charge in [-0.05, 0) is 49.1 Å². The van der Waals surface area contributed by atoms with Gasteiger partial charge < -0.3 is 19.9 Å². The summed E-state index contributed by atoms with van der Waals surface area (Å²) < 4.78 is 5.29. The molecule has 2 aliphatic rings. The SMILES string of the molecule is CCCCN1C(=O)C[C@@H](C(=O)N2CCC(NC(=O)c3ccccc3)CC2)[C@H]1c1ccc(OC)cc1. The molecule has 3 amide bonds. The minimum Gasteiger partial charge on any atom is -0.497 e. The number of methoxy groups -OCH3 is 1. The lowest BCUT2D eigenvalue weighted by atomic mass is 9.91. The Morgan fingerprint density at radius 1 is 1.03 bits per heavy atom. The first-order valence-corrected chi connectivity index (χ1v) is 12.6. The Morgan fingerprint density at radius 3 is 2.34 bits per heavy atom. The van der Waals surface area contributed by atoms with Crippen LogP contribution < -0.4 is 10.1 Å². The fourth-order valence-electron chi connectivity index (χ4n) is 5.15. The van der Waals surface area contributed by atoms with E-state index in [1.807, 2.05) is 52.3 Å². The average molecular weight is 478 g/mol. The summed E-state index contributed by atoms with van der Waals surface area (Å²) in [4.78, 5) is 42.9. The third-order valence-corrected chi connectivity index (χ3v) is 7.14. The molecule has 2 atom stereocenters. The van der Waals surface area contributed by atoms with Gasteiger partial charge in [0, 0.05) is 37.7 Å². The van der Waals surface area contributed by atoms with Gasteiger partial charge in [0.15, 0.2) is 0 Å². The summed E-state index contributed by atoms with van der Waals surface area (Å²) in [6, 6.07) is 16.7. The fourth-order valence-corrected chi connectivity index (χ4v) is 5.15. The maximum Gasteiger partial charge on any atom is 0.251 e. The zero-order chi connectivity index (χ0) is 24.8. The van der Waals surface area contributed by atoms with Gasteiger partial charge in [-0.2, -0.15) is 0 Å². The Bertz CT molecular complexity index is 1020. The molecular weight excluding hydrogens is 442 g/mol. The average Bonchev–Trinajstić information content (AvgIpc) is 3.23. The van der Waals surface area contributed by atoms with Crippen molar-refractivity contribution in [2.75, 3.05) is 26.7 Å². The molecule has 7 heteroatoms. The molecule has 2 fully saturated rings. The topological polar surface area (TPSA) is 79.0 Å². The van der Waals surface area contributed by atoms with Crippen molar-refractivity contribution in [1.82, 2.24) is 15.1 Å². The quantitative estimate of drug-likeness (QED) is 0.627. The van der Waals surface area contributed by atoms with Crippen LogP contribution in [0.1, 0.15) is 61.0 Å². The van der Waals surface area contributed by atoms with E-state index in [9.17, 15) is 14.4 Å². The Morgan fingerprint density at radius 2 is 1.71 bits per heavy atom. The summed E-state index contributed by atoms with van der Waals surface area (Å²) in [7, 11) is 1.62. The van der Waals surface area contributed by atoms with Gasteiger partial charge in [-0.15, -0.1) is 0 Å². The monoisotopic (exact) mass is 477 g/mol. The Labute approximate surface area is 207 Å². The number of ether oxygens (including phenoxy) is 1. The molecule has 0 spiro atoms. The number of nitrogens with zero attached hydrogens (tertiary/aromatic N) is 2. The number of unbranched alkanes of at least 4 members (excludes halogenated alkanes) is 1. The third-order valence-electron chi connectivity index (χ3n) is 7.14. The van der Waals surface area contributed by atoms with Gasteiger partial charge in [0.2, 0.25) is 11.8 Å². The summed E-state index contributed by atoms with van der Waals surface area (Å²) in [5.74, 6) is 0.348. The minimum absolute atomic E-state index is 0.0333. The maximum absolute atomic E-state index is 13.7. The number of carbonyl (C=O) groups excluding carboxylic acids is 3. The zero-order valence-corrected chi connectivity index (χ0v) is 20.6. The number of likely N-dealkylation sites (tertiary alicyclic amines) is 2. The molecule has 2 aromatic rings. The summed E-state index contributed by atoms with van der Waals surface area (Å²) in [6.45, 7) is 3.91. The lowest BCUT2D eigenvalue weighted by Crippen LogP contribution is -2.48. The van der Waals surface area contributed by atoms with E-state index in [0.29, 0.717) is 38.0 Å². The van der Waals surface area contributed by atoms with Crippen LogP contribution in [0.5, 0.6) is 5.75 Å². The minimum atomic E-state index is -0.400. The molecule has 1 N–H and O–H groups in total. The standard InChI is InChI=1S/C28H35N3O4/c1-3-4-16-31-25(32)19-24(26(31)20-10-12-23(35-2)13-11-20)28(34)30-17-14-22(15-18-30)29-27(33)21-8-6-5-7-9-21/h5-13,22,24,26H,3-4,14-19H2,1-2H3,(H,29,33)/t24-,26-/m1/s1. The van der Waals surface area contributed by atoms with Crippen molar-refractivity contribution in [2.24, 2.45) is 5.92 Å². The second-order valence-electron chi connectivity index (χ2n) is 9.41. The second-order valence-corrected chi connectivity index (χ2v) is 9.41. The summed E-state index contributed by atoms with van der Waals surface area (Å²) in [6.07, 6.45) is 3.55. The molecule has 0 unspecified atom stereocenters. The van der Waals surface area contributed by atoms with Gasteiger partial charge in [0.1, 0.15) is 5.75 Å². The number of piperidine rings is 1. The fraction of sp³-hybridized carbons (Fsp3) is 0.464. The molecule has 35 heavy (non-hydrogen) atoms. The Balaban J connectivity index is 1.43. The first-order chi connectivity index (χ1) is 17.0. The molecule has 0 aliphatic carbocycles. The second kappa shape index (κ2) is 11.4. The highest BCUT2D eigenvalue weighted by Gasteiger charge is 2.45. The molecule has 7 nitrogen and oxygen atoms in total. The van der Waals surface area contributed by atoms with E-state index in [1.54, 1.807) is 19.2 Å². The lowest BCUT2D eigenvalue weighted by molar-refractivity contribution is -0.137. The predicted octanol–water partition coefficient (Wildman–Crippen LogP) is 3.81. The van der Waals surface area contributed by atoms with Crippen LogP contribution in [-0.2, 0) is 9.59 Å². The molecular formula is C28H35N3O4. The summed E-state index contributed by atoms with van der Waals surface area (Å²) in [5.41, 5.74) is 1.61. The third kappa shape index (κ3) is 5.66. The van der Waals surface area contributed by atoms with Gasteiger partial charge >= 0.3 is 0 Å². The van der Waals surface area contributed by atoms with Crippen LogP contribution in [0, 0.1) is 5.92 Å². The van der Waals surface area contributed by atoms with E-state index in [-0.39, 0.29) is 36.2 Å². The first kappa shape index (κ1) is 24.8. The number of benzene rings is 2. The van der Waals surface area contributed by atoms with Crippen LogP contribution in [0.25, 0.3) is 0 Å². The van der Waals surface area contributed by atoms with Gasteiger partial charge in [-0.3, -0.25) is 14.4 Å². The van der Waals surface area contributed by atoms with Gasteiger partial charge in [0.05, 0.1) is 19.1 Å². The van der Waals surface area contributed by atoms with E-state index in [1.165, 1.54) is 0 Å². The van der Waals surface area contributed by atoms with E-state index in [0.717, 1.165) is 24.2 Å². The number of carbonyl (C=O) groups is 3. The van der Waals surface area contributed by atoms with Crippen molar-refractivity contribution in [3.05, 3.63) is 65.7 Å². The molecule has 4 rings (SSSR count). The Hall–Kier alpha value is -3.35. The Kier molecular flexibility index (Phi) is 8.06. The number of rotatable bonds is 8. The zero-order valence-electron chi connectivity index (χ0n) is 20.6. The van der Waals surface area contributed by atoms with Crippen LogP contribution in [0.4, 0.5) is 0 Å². The summed E-state index contributed by atoms with van der Waals surface area (Å²) in [5, 5.41) is 3.10.